The highest BCUT2D eigenvalue weighted by molar-refractivity contribution is 7.71. The lowest BCUT2D eigenvalue weighted by atomic mass is 9.98. The van der Waals surface area contributed by atoms with E-state index in [0.29, 0.717) is 16.4 Å². The Hall–Kier alpha value is -2.39. The lowest BCUT2D eigenvalue weighted by molar-refractivity contribution is -0.116. The second-order valence-corrected chi connectivity index (χ2v) is 8.70. The summed E-state index contributed by atoms with van der Waals surface area (Å²) in [6, 6.07) is 8.01. The Morgan fingerprint density at radius 3 is 2.78 bits per heavy atom. The molecule has 0 saturated carbocycles. The number of H-pyrrole nitrogens is 1. The summed E-state index contributed by atoms with van der Waals surface area (Å²) in [4.78, 5) is 12.3. The van der Waals surface area contributed by atoms with Crippen molar-refractivity contribution in [2.45, 2.75) is 46.1 Å². The number of nitrogens with one attached hydrogen (secondary N) is 2. The molecule has 0 fully saturated rings. The van der Waals surface area contributed by atoms with Crippen molar-refractivity contribution in [1.82, 2.24) is 25.0 Å². The Bertz CT molecular complexity index is 1010. The molecule has 0 radical (unpaired) electrons. The number of aromatic amines is 1. The van der Waals surface area contributed by atoms with E-state index in [1.165, 1.54) is 11.3 Å². The lowest BCUT2D eigenvalue weighted by Gasteiger charge is -2.12. The molecule has 2 heterocycles. The normalized spacial score (nSPS) is 11.6. The second kappa shape index (κ2) is 7.69. The first-order valence-corrected chi connectivity index (χ1v) is 9.82. The van der Waals surface area contributed by atoms with Crippen LogP contribution in [-0.2, 0) is 16.8 Å². The van der Waals surface area contributed by atoms with Gasteiger partial charge in [0.1, 0.15) is 5.01 Å². The molecule has 0 atom stereocenters. The van der Waals surface area contributed by atoms with Gasteiger partial charge in [0.2, 0.25) is 11.0 Å². The van der Waals surface area contributed by atoms with Gasteiger partial charge in [-0.05, 0) is 25.2 Å². The first-order valence-electron chi connectivity index (χ1n) is 8.60. The number of carbonyl (C=O) groups excluding carboxylic acids is 1. The maximum atomic E-state index is 12.3. The number of carbonyl (C=O) groups is 1. The molecule has 7 nitrogen and oxygen atoms in total. The number of hydrogen-bond acceptors (Lipinski definition) is 6. The molecule has 0 bridgehead atoms. The van der Waals surface area contributed by atoms with Crippen molar-refractivity contribution in [3.05, 3.63) is 39.6 Å². The maximum absolute atomic E-state index is 12.3. The van der Waals surface area contributed by atoms with Crippen LogP contribution in [0.1, 0.15) is 37.8 Å². The van der Waals surface area contributed by atoms with Crippen LogP contribution < -0.4 is 5.32 Å². The molecule has 2 N–H and O–H groups in total. The third kappa shape index (κ3) is 4.67. The number of hydrogen-bond donors (Lipinski definition) is 2. The quantitative estimate of drug-likeness (QED) is 0.628. The fraction of sp³-hybridized carbons (Fsp3) is 0.389. The molecule has 0 aliphatic carbocycles. The number of aromatic nitrogens is 5. The molecular formula is C18H22N6OS2. The average Bonchev–Trinajstić information content (AvgIpc) is 3.19. The lowest BCUT2D eigenvalue weighted by Crippen LogP contribution is -2.15. The minimum Gasteiger partial charge on any atom is -0.300 e. The van der Waals surface area contributed by atoms with Gasteiger partial charge in [-0.3, -0.25) is 14.5 Å². The molecule has 0 aliphatic rings. The zero-order chi connectivity index (χ0) is 19.6. The minimum absolute atomic E-state index is 0.0900. The Morgan fingerprint density at radius 1 is 1.33 bits per heavy atom. The molecule has 9 heteroatoms. The predicted octanol–water partition coefficient (Wildman–Crippen LogP) is 4.09. The van der Waals surface area contributed by atoms with Crippen LogP contribution in [0, 0.1) is 11.7 Å². The van der Waals surface area contributed by atoms with Crippen LogP contribution in [-0.4, -0.2) is 30.9 Å². The number of amides is 1. The van der Waals surface area contributed by atoms with Crippen molar-refractivity contribution < 1.29 is 4.79 Å². The highest BCUT2D eigenvalue weighted by atomic mass is 32.1. The molecule has 0 spiro atoms. The summed E-state index contributed by atoms with van der Waals surface area (Å²) in [5.41, 5.74) is 2.01. The zero-order valence-corrected chi connectivity index (χ0v) is 17.4. The summed E-state index contributed by atoms with van der Waals surface area (Å²) in [5, 5.41) is 19.5. The van der Waals surface area contributed by atoms with Crippen LogP contribution in [0.2, 0.25) is 0 Å². The largest absolute Gasteiger partial charge is 0.300 e. The number of benzene rings is 1. The first kappa shape index (κ1) is 19.4. The molecule has 0 saturated heterocycles. The summed E-state index contributed by atoms with van der Waals surface area (Å²) in [6.45, 7) is 8.64. The van der Waals surface area contributed by atoms with Gasteiger partial charge < -0.3 is 5.32 Å². The van der Waals surface area contributed by atoms with E-state index in [0.717, 1.165) is 22.0 Å². The molecule has 0 unspecified atom stereocenters. The van der Waals surface area contributed by atoms with Crippen LogP contribution in [0.25, 0.3) is 11.4 Å². The number of aryl methyl sites for hydroxylation is 1. The van der Waals surface area contributed by atoms with Crippen LogP contribution in [0.4, 0.5) is 5.13 Å². The van der Waals surface area contributed by atoms with Gasteiger partial charge in [-0.25, -0.2) is 0 Å². The van der Waals surface area contributed by atoms with Crippen LogP contribution >= 0.6 is 23.6 Å². The van der Waals surface area contributed by atoms with E-state index in [1.54, 1.807) is 0 Å². The van der Waals surface area contributed by atoms with Gasteiger partial charge in [0, 0.05) is 23.9 Å². The molecule has 3 rings (SSSR count). The van der Waals surface area contributed by atoms with Gasteiger partial charge in [-0.15, -0.1) is 10.2 Å². The average molecular weight is 403 g/mol. The predicted molar refractivity (Wildman–Crippen MR) is 109 cm³/mol. The Balaban J connectivity index is 1.68. The number of nitrogens with zero attached hydrogens (tertiary/aromatic N) is 4. The topological polar surface area (TPSA) is 88.5 Å². The van der Waals surface area contributed by atoms with Gasteiger partial charge in [0.15, 0.2) is 10.6 Å². The van der Waals surface area contributed by atoms with Crippen molar-refractivity contribution in [3.63, 3.8) is 0 Å². The first-order chi connectivity index (χ1) is 12.7. The van der Waals surface area contributed by atoms with Crippen LogP contribution in [0.15, 0.2) is 24.3 Å². The van der Waals surface area contributed by atoms with Crippen molar-refractivity contribution in [2.75, 3.05) is 5.32 Å². The molecular weight excluding hydrogens is 380 g/mol. The molecule has 27 heavy (non-hydrogen) atoms. The highest BCUT2D eigenvalue weighted by Gasteiger charge is 2.20. The van der Waals surface area contributed by atoms with E-state index in [9.17, 15) is 4.79 Å². The van der Waals surface area contributed by atoms with Gasteiger partial charge in [-0.2, -0.15) is 5.10 Å². The standard InChI is InChI=1S/C18H22N6OS2/c1-11-6-5-7-12(10-11)14-20-23-17(26)24(14)9-8-13(25)19-16-22-21-15(27-16)18(2,3)4/h5-7,10H,8-9H2,1-4H3,(H,23,26)(H,19,22,25). The van der Waals surface area contributed by atoms with Gasteiger partial charge in [0.25, 0.3) is 0 Å². The fourth-order valence-corrected chi connectivity index (χ4v) is 3.54. The Labute approximate surface area is 166 Å². The van der Waals surface area contributed by atoms with Crippen molar-refractivity contribution >= 4 is 34.6 Å². The summed E-state index contributed by atoms with van der Waals surface area (Å²) in [5.74, 6) is 0.590. The van der Waals surface area contributed by atoms with Gasteiger partial charge in [-0.1, -0.05) is 55.9 Å². The van der Waals surface area contributed by atoms with Gasteiger partial charge >= 0.3 is 0 Å². The smallest absolute Gasteiger partial charge is 0.227 e. The summed E-state index contributed by atoms with van der Waals surface area (Å²) in [6.07, 6.45) is 0.261. The third-order valence-electron chi connectivity index (χ3n) is 3.91. The highest BCUT2D eigenvalue weighted by Crippen LogP contribution is 2.27. The molecule has 1 amide bonds. The van der Waals surface area contributed by atoms with Crippen molar-refractivity contribution in [3.8, 4) is 11.4 Å². The Morgan fingerprint density at radius 2 is 2.11 bits per heavy atom. The zero-order valence-electron chi connectivity index (χ0n) is 15.7. The maximum Gasteiger partial charge on any atom is 0.227 e. The monoisotopic (exact) mass is 402 g/mol. The van der Waals surface area contributed by atoms with Crippen LogP contribution in [0.5, 0.6) is 0 Å². The van der Waals surface area contributed by atoms with E-state index in [2.05, 4.69) is 46.5 Å². The minimum atomic E-state index is -0.134. The number of anilines is 1. The summed E-state index contributed by atoms with van der Waals surface area (Å²) >= 11 is 6.72. The number of rotatable bonds is 5. The summed E-state index contributed by atoms with van der Waals surface area (Å²) in [7, 11) is 0. The molecule has 1 aromatic carbocycles. The van der Waals surface area contributed by atoms with Crippen molar-refractivity contribution in [1.29, 1.82) is 0 Å². The molecule has 142 valence electrons. The van der Waals surface area contributed by atoms with E-state index in [1.807, 2.05) is 35.8 Å². The van der Waals surface area contributed by atoms with Gasteiger partial charge in [0.05, 0.1) is 0 Å². The second-order valence-electron chi connectivity index (χ2n) is 7.33. The van der Waals surface area contributed by atoms with E-state index < -0.39 is 0 Å². The SMILES string of the molecule is Cc1cccc(-c2n[nH]c(=S)n2CCC(=O)Nc2nnc(C(C)(C)C)s2)c1. The third-order valence-corrected chi connectivity index (χ3v) is 5.49. The molecule has 3 aromatic rings. The summed E-state index contributed by atoms with van der Waals surface area (Å²) < 4.78 is 2.33. The van der Waals surface area contributed by atoms with Crippen LogP contribution in [0.3, 0.4) is 0 Å². The van der Waals surface area contributed by atoms with Crippen molar-refractivity contribution in [2.24, 2.45) is 0 Å². The molecule has 0 aliphatic heterocycles. The van der Waals surface area contributed by atoms with E-state index in [4.69, 9.17) is 12.2 Å². The van der Waals surface area contributed by atoms with E-state index >= 15 is 0 Å². The van der Waals surface area contributed by atoms with E-state index in [-0.39, 0.29) is 17.7 Å². The molecule has 2 aromatic heterocycles. The fourth-order valence-electron chi connectivity index (χ4n) is 2.50. The Kier molecular flexibility index (Phi) is 5.52.